The molecule has 2 atom stereocenters. The van der Waals surface area contributed by atoms with Gasteiger partial charge in [0.15, 0.2) is 15.5 Å². The minimum Gasteiger partial charge on any atom is -0.434 e. The molecule has 0 aliphatic carbocycles. The summed E-state index contributed by atoms with van der Waals surface area (Å²) < 4.78 is 96.2. The van der Waals surface area contributed by atoms with Crippen LogP contribution in [0.1, 0.15) is 49.7 Å². The molecule has 15 heteroatoms. The fourth-order valence-electron chi connectivity index (χ4n) is 4.48. The number of aromatic nitrogens is 2. The van der Waals surface area contributed by atoms with Gasteiger partial charge in [-0.2, -0.15) is 27.1 Å². The van der Waals surface area contributed by atoms with Gasteiger partial charge in [0, 0.05) is 37.5 Å². The van der Waals surface area contributed by atoms with Crippen LogP contribution in [0.5, 0.6) is 5.75 Å². The fraction of sp³-hybridized carbons (Fsp3) is 0.600. The first kappa shape index (κ1) is 32.1. The second kappa shape index (κ2) is 12.2. The average molecular weight is 615 g/mol. The quantitative estimate of drug-likeness (QED) is 0.371. The van der Waals surface area contributed by atoms with Crippen LogP contribution in [-0.2, 0) is 22.8 Å². The average Bonchev–Trinajstić information content (AvgIpc) is 3.17. The van der Waals surface area contributed by atoms with Gasteiger partial charge in [-0.3, -0.25) is 9.48 Å². The Morgan fingerprint density at radius 2 is 1.95 bits per heavy atom. The molecule has 1 aromatic heterocycles. The second-order valence-corrected chi connectivity index (χ2v) is 13.1. The van der Waals surface area contributed by atoms with Crippen molar-refractivity contribution in [3.63, 3.8) is 0 Å². The molecule has 224 valence electrons. The van der Waals surface area contributed by atoms with Crippen molar-refractivity contribution >= 4 is 27.3 Å². The van der Waals surface area contributed by atoms with Gasteiger partial charge in [0.05, 0.1) is 21.4 Å². The van der Waals surface area contributed by atoms with Crippen molar-refractivity contribution in [1.82, 2.24) is 20.4 Å². The van der Waals surface area contributed by atoms with Crippen LogP contribution in [-0.4, -0.2) is 67.5 Å². The molecule has 2 N–H and O–H groups in total. The first-order valence-corrected chi connectivity index (χ1v) is 14.9. The summed E-state index contributed by atoms with van der Waals surface area (Å²) in [5.41, 5.74) is -2.04. The molecule has 3 rings (SSSR count). The first-order valence-electron chi connectivity index (χ1n) is 12.6. The molecule has 1 aliphatic heterocycles. The Kier molecular flexibility index (Phi) is 9.78. The van der Waals surface area contributed by atoms with E-state index in [1.165, 1.54) is 23.1 Å². The molecule has 0 bridgehead atoms. The molecular weight excluding hydrogens is 583 g/mol. The van der Waals surface area contributed by atoms with E-state index in [0.29, 0.717) is 12.8 Å². The molecule has 1 fully saturated rings. The lowest BCUT2D eigenvalue weighted by Crippen LogP contribution is -2.49. The number of carbonyl (C=O) groups excluding carboxylic acids is 1. The van der Waals surface area contributed by atoms with Crippen LogP contribution in [0.3, 0.4) is 0 Å². The highest BCUT2D eigenvalue weighted by atomic mass is 35.5. The third-order valence-electron chi connectivity index (χ3n) is 6.93. The van der Waals surface area contributed by atoms with E-state index in [4.69, 9.17) is 11.6 Å². The van der Waals surface area contributed by atoms with Gasteiger partial charge in [-0.1, -0.05) is 31.5 Å². The number of aryl methyl sites for hydroxylation is 1. The van der Waals surface area contributed by atoms with Gasteiger partial charge < -0.3 is 15.4 Å². The third kappa shape index (κ3) is 7.43. The van der Waals surface area contributed by atoms with E-state index in [9.17, 15) is 35.2 Å². The van der Waals surface area contributed by atoms with Gasteiger partial charge in [0.2, 0.25) is 0 Å². The van der Waals surface area contributed by atoms with Crippen molar-refractivity contribution in [3.05, 3.63) is 34.5 Å². The van der Waals surface area contributed by atoms with Crippen molar-refractivity contribution in [2.24, 2.45) is 5.41 Å². The molecule has 1 aromatic carbocycles. The van der Waals surface area contributed by atoms with Crippen LogP contribution in [0.2, 0.25) is 5.02 Å². The Balaban J connectivity index is 1.86. The van der Waals surface area contributed by atoms with Gasteiger partial charge in [0.1, 0.15) is 5.75 Å². The minimum absolute atomic E-state index is 0.0352. The van der Waals surface area contributed by atoms with E-state index in [2.05, 4.69) is 20.5 Å². The van der Waals surface area contributed by atoms with Crippen molar-refractivity contribution in [3.8, 4) is 17.0 Å². The zero-order chi connectivity index (χ0) is 30.0. The number of hydrogen-bond donors (Lipinski definition) is 2. The molecule has 8 nitrogen and oxygen atoms in total. The summed E-state index contributed by atoms with van der Waals surface area (Å²) in [7, 11) is -3.18. The first-order chi connectivity index (χ1) is 18.4. The summed E-state index contributed by atoms with van der Waals surface area (Å²) in [6.45, 7) is 1.06. The predicted octanol–water partition coefficient (Wildman–Crippen LogP) is 4.85. The van der Waals surface area contributed by atoms with Gasteiger partial charge in [0.25, 0.3) is 5.91 Å². The lowest BCUT2D eigenvalue weighted by atomic mass is 9.84. The summed E-state index contributed by atoms with van der Waals surface area (Å²) in [5.74, 6) is -1.04. The van der Waals surface area contributed by atoms with Crippen molar-refractivity contribution in [2.45, 2.75) is 70.7 Å². The van der Waals surface area contributed by atoms with E-state index in [1.54, 1.807) is 6.92 Å². The number of benzene rings is 1. The van der Waals surface area contributed by atoms with Crippen LogP contribution >= 0.6 is 11.6 Å². The molecule has 0 unspecified atom stereocenters. The number of carbonyl (C=O) groups is 1. The molecule has 0 radical (unpaired) electrons. The highest BCUT2D eigenvalue weighted by Crippen LogP contribution is 2.43. The molecule has 2 heterocycles. The maximum absolute atomic E-state index is 13.4. The number of ether oxygens (including phenoxy) is 1. The van der Waals surface area contributed by atoms with Gasteiger partial charge in [-0.05, 0) is 43.9 Å². The largest absolute Gasteiger partial charge is 0.434 e. The Bertz CT molecular complexity index is 1320. The molecule has 1 amide bonds. The number of nitrogens with one attached hydrogen (secondary N) is 2. The smallest absolute Gasteiger partial charge is 0.394 e. The number of hydrogen-bond acceptors (Lipinski definition) is 6. The van der Waals surface area contributed by atoms with Gasteiger partial charge in [-0.25, -0.2) is 8.42 Å². The summed E-state index contributed by atoms with van der Waals surface area (Å²) in [6, 6.07) is 3.62. The van der Waals surface area contributed by atoms with Crippen molar-refractivity contribution in [1.29, 1.82) is 0 Å². The number of amides is 1. The summed E-state index contributed by atoms with van der Waals surface area (Å²) in [5, 5.41) is 9.39. The van der Waals surface area contributed by atoms with E-state index < -0.39 is 51.4 Å². The number of sulfone groups is 1. The Morgan fingerprint density at radius 3 is 2.48 bits per heavy atom. The number of rotatable bonds is 10. The molecule has 0 saturated carbocycles. The van der Waals surface area contributed by atoms with E-state index >= 15 is 0 Å². The van der Waals surface area contributed by atoms with Crippen LogP contribution in [0.15, 0.2) is 18.2 Å². The highest BCUT2D eigenvalue weighted by molar-refractivity contribution is 7.91. The molecule has 1 saturated heterocycles. The summed E-state index contributed by atoms with van der Waals surface area (Å²) in [4.78, 5) is 13.0. The number of alkyl halides is 5. The van der Waals surface area contributed by atoms with Gasteiger partial charge in [-0.15, -0.1) is 0 Å². The van der Waals surface area contributed by atoms with Crippen LogP contribution in [0.4, 0.5) is 22.0 Å². The fourth-order valence-corrected chi connectivity index (χ4v) is 5.76. The SMILES string of the molecule is CCn1nc(C(=O)NC[C@@H]2CC[C@@H](S(C)(=O)=O)CN2)c(Cl)c1-c1ccc(CC(C)(C)C(F)(F)F)cc1OC(F)F. The summed E-state index contributed by atoms with van der Waals surface area (Å²) >= 11 is 6.52. The maximum atomic E-state index is 13.4. The zero-order valence-corrected chi connectivity index (χ0v) is 24.0. The van der Waals surface area contributed by atoms with E-state index in [-0.39, 0.29) is 53.2 Å². The minimum atomic E-state index is -4.52. The monoisotopic (exact) mass is 614 g/mol. The lowest BCUT2D eigenvalue weighted by molar-refractivity contribution is -0.211. The molecular formula is C25H32ClF5N4O4S. The second-order valence-electron chi connectivity index (χ2n) is 10.4. The highest BCUT2D eigenvalue weighted by Gasteiger charge is 2.47. The molecule has 40 heavy (non-hydrogen) atoms. The molecule has 1 aliphatic rings. The predicted molar refractivity (Wildman–Crippen MR) is 141 cm³/mol. The topological polar surface area (TPSA) is 102 Å². The van der Waals surface area contributed by atoms with Crippen LogP contribution in [0.25, 0.3) is 11.3 Å². The molecule has 2 aromatic rings. The van der Waals surface area contributed by atoms with E-state index in [1.807, 2.05) is 0 Å². The third-order valence-corrected chi connectivity index (χ3v) is 8.90. The lowest BCUT2D eigenvalue weighted by Gasteiger charge is -2.28. The summed E-state index contributed by atoms with van der Waals surface area (Å²) in [6.07, 6.45) is -2.86. The standard InChI is InChI=1S/C25H32ClF5N4O4S/c1-5-35-21(17-9-6-14(10-18(17)39-23(27)28)11-24(2,3)25(29,30)31)19(26)20(34-35)22(36)33-12-15-7-8-16(13-32-15)40(4,37)38/h6,9-10,15-16,23,32H,5,7-8,11-13H2,1-4H3,(H,33,36)/t15-,16+/m0/s1. The Labute approximate surface area is 234 Å². The maximum Gasteiger partial charge on any atom is 0.394 e. The van der Waals surface area contributed by atoms with Crippen molar-refractivity contribution in [2.75, 3.05) is 19.3 Å². The van der Waals surface area contributed by atoms with Crippen LogP contribution in [0, 0.1) is 5.41 Å². The van der Waals surface area contributed by atoms with Gasteiger partial charge >= 0.3 is 12.8 Å². The van der Waals surface area contributed by atoms with Crippen molar-refractivity contribution < 1.29 is 39.9 Å². The normalized spacial score (nSPS) is 18.7. The van der Waals surface area contributed by atoms with E-state index in [0.717, 1.165) is 19.9 Å². The number of nitrogens with zero attached hydrogens (tertiary/aromatic N) is 2. The Morgan fingerprint density at radius 1 is 1.27 bits per heavy atom. The van der Waals surface area contributed by atoms with Crippen LogP contribution < -0.4 is 15.4 Å². The number of piperidine rings is 1. The zero-order valence-electron chi connectivity index (χ0n) is 22.4. The number of halogens is 6. The molecule has 0 spiro atoms. The Hall–Kier alpha value is -2.45.